The van der Waals surface area contributed by atoms with Gasteiger partial charge in [-0.1, -0.05) is 12.1 Å². The Morgan fingerprint density at radius 2 is 2.08 bits per heavy atom. The van der Waals surface area contributed by atoms with Crippen LogP contribution in [0, 0.1) is 5.92 Å². The Labute approximate surface area is 153 Å². The van der Waals surface area contributed by atoms with Crippen molar-refractivity contribution in [1.29, 1.82) is 0 Å². The Morgan fingerprint density at radius 1 is 1.23 bits per heavy atom. The number of hydrogen-bond donors (Lipinski definition) is 1. The molecule has 1 N–H and O–H groups in total. The van der Waals surface area contributed by atoms with Gasteiger partial charge >= 0.3 is 5.97 Å². The zero-order chi connectivity index (χ0) is 18.5. The molecule has 0 aromatic carbocycles. The summed E-state index contributed by atoms with van der Waals surface area (Å²) in [5, 5.41) is 9.49. The molecule has 0 radical (unpaired) electrons. The molecular formula is C19H26N4O3. The maximum atomic E-state index is 12.7. The van der Waals surface area contributed by atoms with Crippen LogP contribution in [0.4, 0.5) is 0 Å². The van der Waals surface area contributed by atoms with Crippen LogP contribution >= 0.6 is 0 Å². The monoisotopic (exact) mass is 358 g/mol. The second-order valence-corrected chi connectivity index (χ2v) is 7.03. The molecule has 1 amide bonds. The van der Waals surface area contributed by atoms with Crippen LogP contribution in [0.1, 0.15) is 5.69 Å². The molecule has 1 aromatic heterocycles. The van der Waals surface area contributed by atoms with Gasteiger partial charge < -0.3 is 10.0 Å². The second kappa shape index (κ2) is 8.42. The number of pyridine rings is 1. The van der Waals surface area contributed by atoms with E-state index in [1.807, 2.05) is 23.1 Å². The van der Waals surface area contributed by atoms with Gasteiger partial charge in [0.05, 0.1) is 12.3 Å². The number of piperazine rings is 1. The zero-order valence-corrected chi connectivity index (χ0v) is 15.0. The summed E-state index contributed by atoms with van der Waals surface area (Å²) in [4.78, 5) is 34.7. The Morgan fingerprint density at radius 3 is 2.77 bits per heavy atom. The van der Waals surface area contributed by atoms with E-state index in [9.17, 15) is 14.7 Å². The van der Waals surface area contributed by atoms with Gasteiger partial charge in [0.15, 0.2) is 0 Å². The minimum atomic E-state index is -0.756. The highest BCUT2D eigenvalue weighted by molar-refractivity contribution is 5.78. The summed E-state index contributed by atoms with van der Waals surface area (Å²) >= 11 is 0. The number of amides is 1. The molecule has 0 bridgehead atoms. The smallest absolute Gasteiger partial charge is 0.309 e. The fraction of sp³-hybridized carbons (Fsp3) is 0.526. The minimum absolute atomic E-state index is 0.0812. The highest BCUT2D eigenvalue weighted by Crippen LogP contribution is 2.19. The van der Waals surface area contributed by atoms with Crippen LogP contribution < -0.4 is 0 Å². The molecule has 2 atom stereocenters. The molecule has 7 nitrogen and oxygen atoms in total. The molecule has 0 aliphatic carbocycles. The van der Waals surface area contributed by atoms with E-state index in [4.69, 9.17) is 0 Å². The number of carboxylic acid groups (broad SMARTS) is 1. The Bertz CT molecular complexity index is 651. The average molecular weight is 358 g/mol. The van der Waals surface area contributed by atoms with E-state index >= 15 is 0 Å². The highest BCUT2D eigenvalue weighted by atomic mass is 16.4. The van der Waals surface area contributed by atoms with Crippen molar-refractivity contribution in [2.75, 3.05) is 45.8 Å². The molecule has 140 valence electrons. The Kier molecular flexibility index (Phi) is 6.00. The van der Waals surface area contributed by atoms with Crippen LogP contribution in [0.2, 0.25) is 0 Å². The lowest BCUT2D eigenvalue weighted by Crippen LogP contribution is -2.57. The number of aromatic nitrogens is 1. The predicted octanol–water partition coefficient (Wildman–Crippen LogP) is 0.339. The molecule has 0 saturated carbocycles. The molecule has 2 fully saturated rings. The van der Waals surface area contributed by atoms with Crippen molar-refractivity contribution in [3.05, 3.63) is 42.7 Å². The summed E-state index contributed by atoms with van der Waals surface area (Å²) in [6.45, 7) is 8.23. The first-order chi connectivity index (χ1) is 12.6. The third kappa shape index (κ3) is 4.47. The molecular weight excluding hydrogens is 332 g/mol. The molecule has 0 spiro atoms. The van der Waals surface area contributed by atoms with Crippen molar-refractivity contribution in [1.82, 2.24) is 19.7 Å². The third-order valence-corrected chi connectivity index (χ3v) is 5.15. The van der Waals surface area contributed by atoms with E-state index < -0.39 is 11.9 Å². The lowest BCUT2D eigenvalue weighted by molar-refractivity contribution is -0.143. The molecule has 7 heteroatoms. The molecule has 2 unspecified atom stereocenters. The third-order valence-electron chi connectivity index (χ3n) is 5.15. The van der Waals surface area contributed by atoms with Gasteiger partial charge in [0, 0.05) is 63.7 Å². The average Bonchev–Trinajstić information content (AvgIpc) is 2.81. The normalized spacial score (nSPS) is 24.5. The summed E-state index contributed by atoms with van der Waals surface area (Å²) in [5.41, 5.74) is 0.778. The predicted molar refractivity (Wildman–Crippen MR) is 97.6 cm³/mol. The Balaban J connectivity index is 1.66. The van der Waals surface area contributed by atoms with Crippen molar-refractivity contribution in [3.63, 3.8) is 0 Å². The summed E-state index contributed by atoms with van der Waals surface area (Å²) < 4.78 is 0. The first-order valence-corrected chi connectivity index (χ1v) is 9.04. The van der Waals surface area contributed by atoms with Gasteiger partial charge in [-0.3, -0.25) is 24.4 Å². The summed E-state index contributed by atoms with van der Waals surface area (Å²) in [7, 11) is 0. The Hall–Kier alpha value is -2.25. The van der Waals surface area contributed by atoms with Crippen LogP contribution in [-0.4, -0.2) is 88.5 Å². The zero-order valence-electron chi connectivity index (χ0n) is 15.0. The fourth-order valence-electron chi connectivity index (χ4n) is 3.82. The quantitative estimate of drug-likeness (QED) is 0.765. The van der Waals surface area contributed by atoms with E-state index in [0.717, 1.165) is 12.2 Å². The number of carboxylic acids is 1. The van der Waals surface area contributed by atoms with Gasteiger partial charge in [0.25, 0.3) is 0 Å². The van der Waals surface area contributed by atoms with E-state index in [1.165, 1.54) is 0 Å². The number of nitrogens with zero attached hydrogens (tertiary/aromatic N) is 4. The molecule has 3 rings (SSSR count). The largest absolute Gasteiger partial charge is 0.481 e. The van der Waals surface area contributed by atoms with Gasteiger partial charge in [0.1, 0.15) is 0 Å². The first kappa shape index (κ1) is 18.5. The summed E-state index contributed by atoms with van der Waals surface area (Å²) in [5.74, 6) is -1.08. The first-order valence-electron chi connectivity index (χ1n) is 9.04. The van der Waals surface area contributed by atoms with Crippen molar-refractivity contribution < 1.29 is 14.7 Å². The molecule has 2 saturated heterocycles. The molecule has 26 heavy (non-hydrogen) atoms. The number of carbonyl (C=O) groups is 2. The number of hydrogen-bond acceptors (Lipinski definition) is 5. The van der Waals surface area contributed by atoms with Gasteiger partial charge in [-0.15, -0.1) is 6.58 Å². The van der Waals surface area contributed by atoms with Gasteiger partial charge in [-0.2, -0.15) is 0 Å². The number of carbonyl (C=O) groups excluding carboxylic acids is 1. The van der Waals surface area contributed by atoms with Gasteiger partial charge in [-0.25, -0.2) is 0 Å². The van der Waals surface area contributed by atoms with Crippen molar-refractivity contribution >= 4 is 11.9 Å². The van der Waals surface area contributed by atoms with Crippen LogP contribution in [0.25, 0.3) is 0 Å². The van der Waals surface area contributed by atoms with Crippen molar-refractivity contribution in [2.24, 2.45) is 5.92 Å². The van der Waals surface area contributed by atoms with E-state index in [2.05, 4.69) is 21.4 Å². The summed E-state index contributed by atoms with van der Waals surface area (Å²) in [6.07, 6.45) is 3.81. The van der Waals surface area contributed by atoms with Crippen LogP contribution in [-0.2, 0) is 16.0 Å². The van der Waals surface area contributed by atoms with Crippen LogP contribution in [0.5, 0.6) is 0 Å². The molecule has 3 heterocycles. The van der Waals surface area contributed by atoms with Crippen molar-refractivity contribution in [2.45, 2.75) is 12.5 Å². The maximum absolute atomic E-state index is 12.7. The number of rotatable bonds is 5. The minimum Gasteiger partial charge on any atom is -0.481 e. The number of aliphatic carboxylic acids is 1. The topological polar surface area (TPSA) is 77.0 Å². The van der Waals surface area contributed by atoms with E-state index in [-0.39, 0.29) is 11.9 Å². The summed E-state index contributed by atoms with van der Waals surface area (Å²) in [6, 6.07) is 5.74. The van der Waals surface area contributed by atoms with Gasteiger partial charge in [0.2, 0.25) is 5.91 Å². The van der Waals surface area contributed by atoms with Crippen molar-refractivity contribution in [3.8, 4) is 0 Å². The molecule has 1 aromatic rings. The lowest BCUT2D eigenvalue weighted by Gasteiger charge is -2.41. The van der Waals surface area contributed by atoms with Crippen LogP contribution in [0.15, 0.2) is 37.1 Å². The maximum Gasteiger partial charge on any atom is 0.309 e. The van der Waals surface area contributed by atoms with Gasteiger partial charge in [-0.05, 0) is 12.1 Å². The standard InChI is InChI=1S/C19H26N4O3/c1-2-7-21-11-15(19(25)26)12-22-8-9-23(14-17(22)13-21)18(24)10-16-5-3-4-6-20-16/h2-6,15,17H,1,7-14H2,(H,25,26). The fourth-order valence-corrected chi connectivity index (χ4v) is 3.82. The van der Waals surface area contributed by atoms with Crippen LogP contribution in [0.3, 0.4) is 0 Å². The highest BCUT2D eigenvalue weighted by Gasteiger charge is 2.37. The molecule has 2 aliphatic rings. The SMILES string of the molecule is C=CCN1CC(C(=O)O)CN2CCN(C(=O)Cc3ccccn3)CC2C1. The lowest BCUT2D eigenvalue weighted by atomic mass is 10.1. The molecule has 2 aliphatic heterocycles. The van der Waals surface area contributed by atoms with E-state index in [1.54, 1.807) is 12.3 Å². The second-order valence-electron chi connectivity index (χ2n) is 7.03. The number of fused-ring (bicyclic) bond motifs is 1. The van der Waals surface area contributed by atoms with E-state index in [0.29, 0.717) is 45.7 Å².